The van der Waals surface area contributed by atoms with Gasteiger partial charge >= 0.3 is 5.97 Å². The molecule has 0 fully saturated rings. The van der Waals surface area contributed by atoms with Crippen molar-refractivity contribution >= 4 is 23.2 Å². The van der Waals surface area contributed by atoms with E-state index in [9.17, 15) is 9.59 Å². The number of thiazole rings is 1. The predicted octanol–water partition coefficient (Wildman–Crippen LogP) is 2.34. The third kappa shape index (κ3) is 3.43. The van der Waals surface area contributed by atoms with Crippen LogP contribution in [0.2, 0.25) is 0 Å². The van der Waals surface area contributed by atoms with E-state index in [0.29, 0.717) is 5.69 Å². The van der Waals surface area contributed by atoms with E-state index in [1.54, 1.807) is 6.92 Å². The molecule has 2 aromatic rings. The van der Waals surface area contributed by atoms with E-state index in [4.69, 9.17) is 5.11 Å². The van der Waals surface area contributed by atoms with E-state index < -0.39 is 5.97 Å². The zero-order chi connectivity index (χ0) is 15.6. The molecular weight excluding hydrogens is 290 g/mol. The molecule has 0 saturated carbocycles. The van der Waals surface area contributed by atoms with Gasteiger partial charge in [-0.15, -0.1) is 11.3 Å². The maximum atomic E-state index is 12.1. The van der Waals surface area contributed by atoms with Crippen LogP contribution in [-0.4, -0.2) is 27.0 Å². The lowest BCUT2D eigenvalue weighted by atomic mass is 10.2. The molecule has 0 aromatic carbocycles. The maximum Gasteiger partial charge on any atom is 0.337 e. The van der Waals surface area contributed by atoms with Crippen LogP contribution in [0.1, 0.15) is 50.2 Å². The standard InChI is InChI=1S/C14H15N3O3S/c1-7-6-21-13(15-7)9(3)17-12(18)11-5-4-10(14(19)20)8(2)16-11/h4-6,9H,1-3H3,(H,17,18)(H,19,20). The summed E-state index contributed by atoms with van der Waals surface area (Å²) in [5.41, 5.74) is 1.51. The second-order valence-electron chi connectivity index (χ2n) is 4.66. The van der Waals surface area contributed by atoms with Gasteiger partial charge in [0, 0.05) is 11.1 Å². The van der Waals surface area contributed by atoms with Gasteiger partial charge in [0.1, 0.15) is 10.7 Å². The molecule has 2 aromatic heterocycles. The smallest absolute Gasteiger partial charge is 0.337 e. The van der Waals surface area contributed by atoms with Crippen LogP contribution in [0.4, 0.5) is 0 Å². The topological polar surface area (TPSA) is 92.2 Å². The number of rotatable bonds is 4. The fraction of sp³-hybridized carbons (Fsp3) is 0.286. The third-order valence-corrected chi connectivity index (χ3v) is 4.05. The van der Waals surface area contributed by atoms with Crippen molar-refractivity contribution in [2.45, 2.75) is 26.8 Å². The quantitative estimate of drug-likeness (QED) is 0.904. The third-order valence-electron chi connectivity index (χ3n) is 2.90. The number of carboxylic acids is 1. The summed E-state index contributed by atoms with van der Waals surface area (Å²) in [6.45, 7) is 5.30. The minimum absolute atomic E-state index is 0.0927. The first-order valence-corrected chi connectivity index (χ1v) is 7.20. The van der Waals surface area contributed by atoms with Gasteiger partial charge < -0.3 is 10.4 Å². The molecule has 0 aliphatic carbocycles. The van der Waals surface area contributed by atoms with Crippen LogP contribution in [0.3, 0.4) is 0 Å². The number of hydrogen-bond acceptors (Lipinski definition) is 5. The molecule has 6 nitrogen and oxygen atoms in total. The van der Waals surface area contributed by atoms with E-state index in [-0.39, 0.29) is 23.2 Å². The molecule has 0 aliphatic rings. The Labute approximate surface area is 125 Å². The zero-order valence-corrected chi connectivity index (χ0v) is 12.7. The molecule has 2 heterocycles. The summed E-state index contributed by atoms with van der Waals surface area (Å²) >= 11 is 1.48. The van der Waals surface area contributed by atoms with Crippen LogP contribution < -0.4 is 5.32 Å². The van der Waals surface area contributed by atoms with Crippen molar-refractivity contribution in [3.8, 4) is 0 Å². The fourth-order valence-corrected chi connectivity index (χ4v) is 2.62. The minimum Gasteiger partial charge on any atom is -0.478 e. The Bertz CT molecular complexity index is 697. The fourth-order valence-electron chi connectivity index (χ4n) is 1.82. The molecule has 0 saturated heterocycles. The molecule has 0 bridgehead atoms. The first kappa shape index (κ1) is 15.1. The molecule has 1 unspecified atom stereocenters. The second kappa shape index (κ2) is 6.01. The summed E-state index contributed by atoms with van der Waals surface area (Å²) in [5.74, 6) is -1.41. The van der Waals surface area contributed by atoms with E-state index in [2.05, 4.69) is 15.3 Å². The van der Waals surface area contributed by atoms with Crippen LogP contribution in [-0.2, 0) is 0 Å². The van der Waals surface area contributed by atoms with Crippen LogP contribution in [0.25, 0.3) is 0 Å². The largest absolute Gasteiger partial charge is 0.478 e. The van der Waals surface area contributed by atoms with E-state index >= 15 is 0 Å². The molecule has 0 radical (unpaired) electrons. The highest BCUT2D eigenvalue weighted by atomic mass is 32.1. The summed E-state index contributed by atoms with van der Waals surface area (Å²) in [6.07, 6.45) is 0. The number of carboxylic acid groups (broad SMARTS) is 1. The number of carbonyl (C=O) groups is 2. The summed E-state index contributed by atoms with van der Waals surface area (Å²) in [7, 11) is 0. The summed E-state index contributed by atoms with van der Waals surface area (Å²) in [6, 6.07) is 2.57. The van der Waals surface area contributed by atoms with Crippen molar-refractivity contribution in [1.29, 1.82) is 0 Å². The SMILES string of the molecule is Cc1csc(C(C)NC(=O)c2ccc(C(=O)O)c(C)n2)n1. The van der Waals surface area contributed by atoms with Gasteiger partial charge in [-0.25, -0.2) is 14.8 Å². The van der Waals surface area contributed by atoms with Crippen LogP contribution in [0, 0.1) is 13.8 Å². The average molecular weight is 305 g/mol. The minimum atomic E-state index is -1.06. The van der Waals surface area contributed by atoms with Gasteiger partial charge in [-0.2, -0.15) is 0 Å². The Kier molecular flexibility index (Phi) is 4.32. The van der Waals surface area contributed by atoms with Crippen molar-refractivity contribution in [2.75, 3.05) is 0 Å². The number of aromatic nitrogens is 2. The Hall–Kier alpha value is -2.28. The van der Waals surface area contributed by atoms with E-state index in [0.717, 1.165) is 10.7 Å². The summed E-state index contributed by atoms with van der Waals surface area (Å²) in [5, 5.41) is 14.5. The molecule has 0 spiro atoms. The molecule has 2 rings (SSSR count). The van der Waals surface area contributed by atoms with Crippen LogP contribution in [0.15, 0.2) is 17.5 Å². The van der Waals surface area contributed by atoms with E-state index in [1.165, 1.54) is 23.5 Å². The number of nitrogens with one attached hydrogen (secondary N) is 1. The van der Waals surface area contributed by atoms with Crippen LogP contribution in [0.5, 0.6) is 0 Å². The van der Waals surface area contributed by atoms with Gasteiger partial charge in [0.25, 0.3) is 5.91 Å². The highest BCUT2D eigenvalue weighted by Gasteiger charge is 2.17. The number of hydrogen-bond donors (Lipinski definition) is 2. The molecule has 0 aliphatic heterocycles. The number of carbonyl (C=O) groups excluding carboxylic acids is 1. The highest BCUT2D eigenvalue weighted by molar-refractivity contribution is 7.09. The van der Waals surface area contributed by atoms with Gasteiger partial charge in [0.2, 0.25) is 0 Å². The van der Waals surface area contributed by atoms with Crippen molar-refractivity contribution < 1.29 is 14.7 Å². The number of aromatic carboxylic acids is 1. The average Bonchev–Trinajstić information content (AvgIpc) is 2.84. The van der Waals surface area contributed by atoms with Gasteiger partial charge in [-0.3, -0.25) is 4.79 Å². The molecule has 110 valence electrons. The van der Waals surface area contributed by atoms with Crippen molar-refractivity contribution in [2.24, 2.45) is 0 Å². The molecule has 21 heavy (non-hydrogen) atoms. The molecule has 7 heteroatoms. The van der Waals surface area contributed by atoms with E-state index in [1.807, 2.05) is 19.2 Å². The number of aryl methyl sites for hydroxylation is 2. The molecule has 1 atom stereocenters. The predicted molar refractivity (Wildman–Crippen MR) is 78.7 cm³/mol. The molecule has 1 amide bonds. The Morgan fingerprint density at radius 1 is 1.29 bits per heavy atom. The maximum absolute atomic E-state index is 12.1. The van der Waals surface area contributed by atoms with Gasteiger partial charge in [-0.05, 0) is 32.9 Å². The van der Waals surface area contributed by atoms with Gasteiger partial charge in [0.05, 0.1) is 17.3 Å². The first-order chi connectivity index (χ1) is 9.88. The normalized spacial score (nSPS) is 12.0. The van der Waals surface area contributed by atoms with Crippen molar-refractivity contribution in [3.63, 3.8) is 0 Å². The Balaban J connectivity index is 2.13. The number of pyridine rings is 1. The lowest BCUT2D eigenvalue weighted by Crippen LogP contribution is -2.27. The zero-order valence-electron chi connectivity index (χ0n) is 11.9. The highest BCUT2D eigenvalue weighted by Crippen LogP contribution is 2.18. The Morgan fingerprint density at radius 3 is 2.52 bits per heavy atom. The van der Waals surface area contributed by atoms with Crippen molar-refractivity contribution in [3.05, 3.63) is 45.2 Å². The summed E-state index contributed by atoms with van der Waals surface area (Å²) in [4.78, 5) is 31.4. The molecular formula is C14H15N3O3S. The lowest BCUT2D eigenvalue weighted by molar-refractivity contribution is 0.0694. The van der Waals surface area contributed by atoms with Gasteiger partial charge in [0.15, 0.2) is 0 Å². The first-order valence-electron chi connectivity index (χ1n) is 6.32. The van der Waals surface area contributed by atoms with Gasteiger partial charge in [-0.1, -0.05) is 0 Å². The number of nitrogens with zero attached hydrogens (tertiary/aromatic N) is 2. The Morgan fingerprint density at radius 2 is 2.00 bits per heavy atom. The summed E-state index contributed by atoms with van der Waals surface area (Å²) < 4.78 is 0. The second-order valence-corrected chi connectivity index (χ2v) is 5.55. The van der Waals surface area contributed by atoms with Crippen LogP contribution >= 0.6 is 11.3 Å². The monoisotopic (exact) mass is 305 g/mol. The number of amides is 1. The van der Waals surface area contributed by atoms with Crippen molar-refractivity contribution in [1.82, 2.24) is 15.3 Å². The lowest BCUT2D eigenvalue weighted by Gasteiger charge is -2.11. The molecule has 2 N–H and O–H groups in total.